The van der Waals surface area contributed by atoms with Crippen molar-refractivity contribution >= 4 is 16.9 Å². The lowest BCUT2D eigenvalue weighted by Gasteiger charge is -2.38. The lowest BCUT2D eigenvalue weighted by atomic mass is 10.3. The molecule has 2 atom stereocenters. The zero-order chi connectivity index (χ0) is 12.3. The Morgan fingerprint density at radius 2 is 1.47 bits per heavy atom. The standard InChI is InChI=1S/C11H28O2Si2/c1-9-11(4)12-15(8,10(2)3)13-14(5,6)7/h10-11H,9H2,1-8H3. The van der Waals surface area contributed by atoms with Crippen LogP contribution < -0.4 is 0 Å². The molecule has 0 rings (SSSR count). The molecule has 0 saturated heterocycles. The first kappa shape index (κ1) is 15.4. The molecular formula is C11H28O2Si2. The molecule has 0 aromatic rings. The van der Waals surface area contributed by atoms with E-state index in [1.54, 1.807) is 0 Å². The first-order valence-electron chi connectivity index (χ1n) is 5.98. The van der Waals surface area contributed by atoms with Gasteiger partial charge in [0.2, 0.25) is 0 Å². The van der Waals surface area contributed by atoms with Gasteiger partial charge in [0.1, 0.15) is 0 Å². The quantitative estimate of drug-likeness (QED) is 0.658. The maximum Gasteiger partial charge on any atom is 0.327 e. The lowest BCUT2D eigenvalue weighted by Crippen LogP contribution is -2.51. The Kier molecular flexibility index (Phi) is 5.75. The minimum absolute atomic E-state index is 0.320. The fourth-order valence-corrected chi connectivity index (χ4v) is 8.61. The molecule has 0 aromatic carbocycles. The molecule has 0 radical (unpaired) electrons. The van der Waals surface area contributed by atoms with Gasteiger partial charge in [-0.2, -0.15) is 0 Å². The topological polar surface area (TPSA) is 18.5 Å². The lowest BCUT2D eigenvalue weighted by molar-refractivity contribution is 0.158. The zero-order valence-electron chi connectivity index (χ0n) is 11.7. The average molecular weight is 249 g/mol. The van der Waals surface area contributed by atoms with Crippen LogP contribution in [0.2, 0.25) is 31.7 Å². The molecule has 0 aliphatic heterocycles. The number of hydrogen-bond donors (Lipinski definition) is 0. The summed E-state index contributed by atoms with van der Waals surface area (Å²) in [5, 5.41) is 0. The van der Waals surface area contributed by atoms with E-state index < -0.39 is 16.9 Å². The summed E-state index contributed by atoms with van der Waals surface area (Å²) in [7, 11) is -3.48. The van der Waals surface area contributed by atoms with E-state index in [9.17, 15) is 0 Å². The van der Waals surface area contributed by atoms with E-state index >= 15 is 0 Å². The second-order valence-corrected chi connectivity index (χ2v) is 14.2. The highest BCUT2D eigenvalue weighted by atomic mass is 28.4. The third kappa shape index (κ3) is 5.85. The number of hydrogen-bond acceptors (Lipinski definition) is 2. The van der Waals surface area contributed by atoms with Crippen molar-refractivity contribution in [3.8, 4) is 0 Å². The van der Waals surface area contributed by atoms with E-state index in [1.165, 1.54) is 0 Å². The summed E-state index contributed by atoms with van der Waals surface area (Å²) < 4.78 is 12.5. The minimum atomic E-state index is -1.98. The fourth-order valence-electron chi connectivity index (χ4n) is 1.37. The molecule has 0 saturated carbocycles. The van der Waals surface area contributed by atoms with Crippen LogP contribution in [0.5, 0.6) is 0 Å². The van der Waals surface area contributed by atoms with Gasteiger partial charge in [0.25, 0.3) is 0 Å². The average Bonchev–Trinajstić information content (AvgIpc) is 2.00. The van der Waals surface area contributed by atoms with Crippen LogP contribution in [-0.2, 0) is 8.54 Å². The van der Waals surface area contributed by atoms with E-state index in [1.807, 2.05) is 0 Å². The van der Waals surface area contributed by atoms with Crippen molar-refractivity contribution in [3.05, 3.63) is 0 Å². The van der Waals surface area contributed by atoms with Gasteiger partial charge in [-0.25, -0.2) is 0 Å². The molecule has 0 fully saturated rings. The maximum absolute atomic E-state index is 6.31. The molecule has 0 aliphatic rings. The summed E-state index contributed by atoms with van der Waals surface area (Å²) in [6, 6.07) is 0. The van der Waals surface area contributed by atoms with Gasteiger partial charge < -0.3 is 8.54 Å². The molecule has 4 heteroatoms. The molecule has 92 valence electrons. The van der Waals surface area contributed by atoms with Crippen LogP contribution in [-0.4, -0.2) is 23.0 Å². The Balaban J connectivity index is 4.60. The van der Waals surface area contributed by atoms with Gasteiger partial charge in [-0.1, -0.05) is 20.8 Å². The monoisotopic (exact) mass is 248 g/mol. The van der Waals surface area contributed by atoms with E-state index in [4.69, 9.17) is 8.54 Å². The molecule has 0 spiro atoms. The Morgan fingerprint density at radius 3 is 1.73 bits per heavy atom. The predicted octanol–water partition coefficient (Wildman–Crippen LogP) is 4.14. The normalized spacial score (nSPS) is 19.0. The Morgan fingerprint density at radius 1 is 1.00 bits per heavy atom. The first-order valence-corrected chi connectivity index (χ1v) is 11.8. The fraction of sp³-hybridized carbons (Fsp3) is 1.00. The Bertz CT molecular complexity index is 190. The van der Waals surface area contributed by atoms with Crippen LogP contribution >= 0.6 is 0 Å². The molecule has 0 N–H and O–H groups in total. The van der Waals surface area contributed by atoms with E-state index in [0.717, 1.165) is 6.42 Å². The molecule has 0 aliphatic carbocycles. The third-order valence-electron chi connectivity index (χ3n) is 2.57. The van der Waals surface area contributed by atoms with Crippen molar-refractivity contribution in [1.29, 1.82) is 0 Å². The zero-order valence-corrected chi connectivity index (χ0v) is 13.7. The second kappa shape index (κ2) is 5.61. The molecule has 2 nitrogen and oxygen atoms in total. The van der Waals surface area contributed by atoms with Crippen molar-refractivity contribution in [3.63, 3.8) is 0 Å². The van der Waals surface area contributed by atoms with E-state index in [0.29, 0.717) is 11.6 Å². The summed E-state index contributed by atoms with van der Waals surface area (Å²) >= 11 is 0. The van der Waals surface area contributed by atoms with Crippen LogP contribution in [0, 0.1) is 0 Å². The van der Waals surface area contributed by atoms with Crippen molar-refractivity contribution < 1.29 is 8.54 Å². The van der Waals surface area contributed by atoms with Crippen molar-refractivity contribution in [2.24, 2.45) is 0 Å². The van der Waals surface area contributed by atoms with Gasteiger partial charge in [0.15, 0.2) is 8.32 Å². The third-order valence-corrected chi connectivity index (χ3v) is 9.61. The Hall–Kier alpha value is 0.354. The van der Waals surface area contributed by atoms with Crippen molar-refractivity contribution in [1.82, 2.24) is 0 Å². The molecule has 0 bridgehead atoms. The minimum Gasteiger partial charge on any atom is -0.436 e. The van der Waals surface area contributed by atoms with Crippen LogP contribution in [0.1, 0.15) is 34.1 Å². The SMILES string of the molecule is CCC(C)O[Si](C)(O[Si](C)(C)C)C(C)C. The van der Waals surface area contributed by atoms with Crippen molar-refractivity contribution in [2.75, 3.05) is 0 Å². The highest BCUT2D eigenvalue weighted by Crippen LogP contribution is 2.28. The van der Waals surface area contributed by atoms with Crippen molar-refractivity contribution in [2.45, 2.75) is 71.9 Å². The summed E-state index contributed by atoms with van der Waals surface area (Å²) in [6.45, 7) is 17.7. The van der Waals surface area contributed by atoms with E-state index in [-0.39, 0.29) is 0 Å². The largest absolute Gasteiger partial charge is 0.436 e. The number of rotatable bonds is 6. The predicted molar refractivity (Wildman–Crippen MR) is 72.0 cm³/mol. The molecule has 0 aromatic heterocycles. The van der Waals surface area contributed by atoms with Crippen LogP contribution in [0.3, 0.4) is 0 Å². The summed E-state index contributed by atoms with van der Waals surface area (Å²) in [4.78, 5) is 0. The van der Waals surface area contributed by atoms with Gasteiger partial charge in [0.05, 0.1) is 0 Å². The molecular weight excluding hydrogens is 220 g/mol. The molecule has 0 heterocycles. The van der Waals surface area contributed by atoms with Gasteiger partial charge >= 0.3 is 8.56 Å². The molecule has 2 unspecified atom stereocenters. The molecule has 0 amide bonds. The van der Waals surface area contributed by atoms with Crippen LogP contribution in [0.25, 0.3) is 0 Å². The summed E-state index contributed by atoms with van der Waals surface area (Å²) in [6.07, 6.45) is 1.38. The smallest absolute Gasteiger partial charge is 0.327 e. The maximum atomic E-state index is 6.31. The highest BCUT2D eigenvalue weighted by Gasteiger charge is 2.40. The van der Waals surface area contributed by atoms with E-state index in [2.05, 4.69) is 53.9 Å². The van der Waals surface area contributed by atoms with Crippen LogP contribution in [0.15, 0.2) is 0 Å². The highest BCUT2D eigenvalue weighted by molar-refractivity contribution is 6.82. The van der Waals surface area contributed by atoms with Gasteiger partial charge in [0, 0.05) is 6.10 Å². The Labute approximate surface area is 97.7 Å². The van der Waals surface area contributed by atoms with Gasteiger partial charge in [-0.15, -0.1) is 0 Å². The van der Waals surface area contributed by atoms with Gasteiger partial charge in [-0.05, 0) is 45.1 Å². The van der Waals surface area contributed by atoms with Gasteiger partial charge in [-0.3, -0.25) is 0 Å². The second-order valence-electron chi connectivity index (χ2n) is 5.72. The van der Waals surface area contributed by atoms with Crippen LogP contribution in [0.4, 0.5) is 0 Å². The first-order chi connectivity index (χ1) is 6.60. The molecule has 15 heavy (non-hydrogen) atoms. The summed E-state index contributed by atoms with van der Waals surface area (Å²) in [5.41, 5.74) is 0.512. The summed E-state index contributed by atoms with van der Waals surface area (Å²) in [5.74, 6) is 0.